The fourth-order valence-corrected chi connectivity index (χ4v) is 3.62. The first-order valence-electron chi connectivity index (χ1n) is 10.1. The maximum Gasteiger partial charge on any atom is 0.328 e. The van der Waals surface area contributed by atoms with Crippen LogP contribution in [0.2, 0.25) is 0 Å². The molecule has 0 aliphatic carbocycles. The van der Waals surface area contributed by atoms with Gasteiger partial charge in [0.15, 0.2) is 0 Å². The molecule has 1 N–H and O–H groups in total. The summed E-state index contributed by atoms with van der Waals surface area (Å²) in [5.74, 6) is -0.675. The molecule has 0 fully saturated rings. The summed E-state index contributed by atoms with van der Waals surface area (Å²) in [6.45, 7) is 1.89. The van der Waals surface area contributed by atoms with Crippen molar-refractivity contribution in [2.24, 2.45) is 0 Å². The zero-order valence-corrected chi connectivity index (χ0v) is 17.4. The number of rotatable bonds is 8. The topological polar surface area (TPSA) is 55.4 Å². The Morgan fingerprint density at radius 1 is 0.833 bits per heavy atom. The normalized spacial score (nSPS) is 12.1. The second kappa shape index (κ2) is 9.88. The zero-order valence-electron chi connectivity index (χ0n) is 17.4. The first-order chi connectivity index (χ1) is 14.6. The van der Waals surface area contributed by atoms with Crippen LogP contribution in [-0.4, -0.2) is 25.0 Å². The van der Waals surface area contributed by atoms with E-state index in [0.29, 0.717) is 12.8 Å². The number of hydrogen-bond acceptors (Lipinski definition) is 3. The van der Waals surface area contributed by atoms with Gasteiger partial charge in [0.2, 0.25) is 5.91 Å². The minimum Gasteiger partial charge on any atom is -0.467 e. The molecule has 0 radical (unpaired) electrons. The van der Waals surface area contributed by atoms with Crippen molar-refractivity contribution in [1.82, 2.24) is 5.32 Å². The van der Waals surface area contributed by atoms with Gasteiger partial charge in [0.25, 0.3) is 0 Å². The lowest BCUT2D eigenvalue weighted by Crippen LogP contribution is -2.50. The highest BCUT2D eigenvalue weighted by Gasteiger charge is 2.39. The van der Waals surface area contributed by atoms with Crippen LogP contribution in [0.25, 0.3) is 0 Å². The van der Waals surface area contributed by atoms with Crippen molar-refractivity contribution in [2.75, 3.05) is 7.11 Å². The van der Waals surface area contributed by atoms with Crippen LogP contribution in [0.1, 0.15) is 30.0 Å². The van der Waals surface area contributed by atoms with Gasteiger partial charge >= 0.3 is 5.97 Å². The van der Waals surface area contributed by atoms with Gasteiger partial charge in [-0.15, -0.1) is 0 Å². The summed E-state index contributed by atoms with van der Waals surface area (Å²) in [6, 6.07) is 28.4. The van der Waals surface area contributed by atoms with Crippen LogP contribution >= 0.6 is 0 Å². The van der Waals surface area contributed by atoms with Crippen LogP contribution < -0.4 is 5.32 Å². The molecule has 0 aromatic heterocycles. The molecule has 3 aromatic rings. The molecule has 3 aromatic carbocycles. The molecule has 30 heavy (non-hydrogen) atoms. The average Bonchev–Trinajstić information content (AvgIpc) is 2.82. The first kappa shape index (κ1) is 21.3. The standard InChI is InChI=1S/C26H27NO3/c1-26(21-14-8-4-9-15-21,22-16-10-5-11-17-22)25(29)27-23(24(28)30-2)19-18-20-12-6-3-7-13-20/h3-17,23H,18-19H2,1-2H3,(H,27,29)/t23-/m0/s1. The summed E-state index contributed by atoms with van der Waals surface area (Å²) in [5.41, 5.74) is 1.89. The SMILES string of the molecule is COC(=O)[C@H](CCc1ccccc1)NC(=O)C(C)(c1ccccc1)c1ccccc1. The largest absolute Gasteiger partial charge is 0.467 e. The number of aryl methyl sites for hydroxylation is 1. The van der Waals surface area contributed by atoms with E-state index in [2.05, 4.69) is 5.32 Å². The van der Waals surface area contributed by atoms with Gasteiger partial charge in [-0.25, -0.2) is 4.79 Å². The highest BCUT2D eigenvalue weighted by molar-refractivity contribution is 5.94. The van der Waals surface area contributed by atoms with Crippen molar-refractivity contribution in [1.29, 1.82) is 0 Å². The second-order valence-electron chi connectivity index (χ2n) is 7.43. The van der Waals surface area contributed by atoms with Crippen LogP contribution in [0.15, 0.2) is 91.0 Å². The molecule has 154 valence electrons. The number of amides is 1. The number of methoxy groups -OCH3 is 1. The number of nitrogens with one attached hydrogen (secondary N) is 1. The van der Waals surface area contributed by atoms with Crippen LogP contribution in [0.4, 0.5) is 0 Å². The minimum absolute atomic E-state index is 0.233. The molecular formula is C26H27NO3. The van der Waals surface area contributed by atoms with Crippen LogP contribution in [0, 0.1) is 0 Å². The van der Waals surface area contributed by atoms with E-state index in [4.69, 9.17) is 4.74 Å². The Morgan fingerprint density at radius 3 is 1.77 bits per heavy atom. The lowest BCUT2D eigenvalue weighted by atomic mass is 9.75. The second-order valence-corrected chi connectivity index (χ2v) is 7.43. The fourth-order valence-electron chi connectivity index (χ4n) is 3.62. The van der Waals surface area contributed by atoms with E-state index in [1.807, 2.05) is 97.9 Å². The molecule has 1 amide bonds. The van der Waals surface area contributed by atoms with Crippen molar-refractivity contribution < 1.29 is 14.3 Å². The highest BCUT2D eigenvalue weighted by atomic mass is 16.5. The van der Waals surface area contributed by atoms with Gasteiger partial charge in [-0.1, -0.05) is 91.0 Å². The molecular weight excluding hydrogens is 374 g/mol. The predicted molar refractivity (Wildman–Crippen MR) is 118 cm³/mol. The van der Waals surface area contributed by atoms with Crippen LogP contribution in [0.3, 0.4) is 0 Å². The Kier molecular flexibility index (Phi) is 7.02. The predicted octanol–water partition coefficient (Wildman–Crippen LogP) is 4.28. The van der Waals surface area contributed by atoms with E-state index in [0.717, 1.165) is 16.7 Å². The first-order valence-corrected chi connectivity index (χ1v) is 10.1. The molecule has 0 unspecified atom stereocenters. The van der Waals surface area contributed by atoms with Crippen molar-refractivity contribution >= 4 is 11.9 Å². The van der Waals surface area contributed by atoms with E-state index in [-0.39, 0.29) is 5.91 Å². The Morgan fingerprint density at radius 2 is 1.30 bits per heavy atom. The third-order valence-corrected chi connectivity index (χ3v) is 5.51. The molecule has 0 bridgehead atoms. The summed E-state index contributed by atoms with van der Waals surface area (Å²) >= 11 is 0. The minimum atomic E-state index is -0.943. The van der Waals surface area contributed by atoms with Gasteiger partial charge in [0, 0.05) is 0 Å². The van der Waals surface area contributed by atoms with E-state index in [1.54, 1.807) is 0 Å². The van der Waals surface area contributed by atoms with Gasteiger partial charge in [-0.2, -0.15) is 0 Å². The lowest BCUT2D eigenvalue weighted by Gasteiger charge is -2.31. The molecule has 0 spiro atoms. The molecule has 0 aliphatic heterocycles. The summed E-state index contributed by atoms with van der Waals surface area (Å²) in [6.07, 6.45) is 1.12. The molecule has 4 nitrogen and oxygen atoms in total. The highest BCUT2D eigenvalue weighted by Crippen LogP contribution is 2.32. The van der Waals surface area contributed by atoms with Crippen molar-refractivity contribution in [3.63, 3.8) is 0 Å². The smallest absolute Gasteiger partial charge is 0.328 e. The lowest BCUT2D eigenvalue weighted by molar-refractivity contribution is -0.145. The third kappa shape index (κ3) is 4.77. The summed E-state index contributed by atoms with van der Waals surface area (Å²) in [5, 5.41) is 2.96. The van der Waals surface area contributed by atoms with Gasteiger partial charge in [0.05, 0.1) is 12.5 Å². The molecule has 0 aliphatic rings. The van der Waals surface area contributed by atoms with Gasteiger partial charge < -0.3 is 10.1 Å². The fraction of sp³-hybridized carbons (Fsp3) is 0.231. The molecule has 3 rings (SSSR count). The van der Waals surface area contributed by atoms with Crippen molar-refractivity contribution in [3.8, 4) is 0 Å². The van der Waals surface area contributed by atoms with E-state index >= 15 is 0 Å². The number of ether oxygens (including phenoxy) is 1. The maximum atomic E-state index is 13.6. The van der Waals surface area contributed by atoms with E-state index in [9.17, 15) is 9.59 Å². The molecule has 0 saturated heterocycles. The number of carbonyl (C=O) groups excluding carboxylic acids is 2. The van der Waals surface area contributed by atoms with Gasteiger partial charge in [0.1, 0.15) is 6.04 Å². The molecule has 1 atom stereocenters. The van der Waals surface area contributed by atoms with E-state index < -0.39 is 17.4 Å². The zero-order chi connectivity index (χ0) is 21.4. The van der Waals surface area contributed by atoms with Crippen LogP contribution in [-0.2, 0) is 26.2 Å². The molecule has 4 heteroatoms. The number of hydrogen-bond donors (Lipinski definition) is 1. The maximum absolute atomic E-state index is 13.6. The quantitative estimate of drug-likeness (QED) is 0.573. The third-order valence-electron chi connectivity index (χ3n) is 5.51. The Balaban J connectivity index is 1.88. The molecule has 0 saturated carbocycles. The Bertz CT molecular complexity index is 916. The molecule has 0 heterocycles. The Labute approximate surface area is 177 Å². The summed E-state index contributed by atoms with van der Waals surface area (Å²) in [7, 11) is 1.34. The number of benzene rings is 3. The Hall–Kier alpha value is -3.40. The van der Waals surface area contributed by atoms with Crippen molar-refractivity contribution in [2.45, 2.75) is 31.2 Å². The van der Waals surface area contributed by atoms with Gasteiger partial charge in [-0.05, 0) is 36.5 Å². The number of esters is 1. The summed E-state index contributed by atoms with van der Waals surface area (Å²) in [4.78, 5) is 26.0. The monoisotopic (exact) mass is 401 g/mol. The van der Waals surface area contributed by atoms with Crippen LogP contribution in [0.5, 0.6) is 0 Å². The van der Waals surface area contributed by atoms with E-state index in [1.165, 1.54) is 7.11 Å². The average molecular weight is 402 g/mol. The van der Waals surface area contributed by atoms with Gasteiger partial charge in [-0.3, -0.25) is 4.79 Å². The number of carbonyl (C=O) groups is 2. The summed E-state index contributed by atoms with van der Waals surface area (Å²) < 4.78 is 4.97. The van der Waals surface area contributed by atoms with Crippen molar-refractivity contribution in [3.05, 3.63) is 108 Å².